The van der Waals surface area contributed by atoms with Gasteiger partial charge in [0.05, 0.1) is 0 Å². The van der Waals surface area contributed by atoms with Gasteiger partial charge in [-0.3, -0.25) is 4.79 Å². The van der Waals surface area contributed by atoms with E-state index in [0.717, 1.165) is 13.0 Å². The second-order valence-corrected chi connectivity index (χ2v) is 4.01. The van der Waals surface area contributed by atoms with E-state index in [1.54, 1.807) is 0 Å². The standard InChI is InChI=1S/C9H19NO/c1-5-10-8(11)6-7-9(2,3)4/h5-7H2,1-4H3,(H,10,11). The van der Waals surface area contributed by atoms with Crippen LogP contribution in [0.3, 0.4) is 0 Å². The highest BCUT2D eigenvalue weighted by Gasteiger charge is 2.11. The van der Waals surface area contributed by atoms with Crippen LogP contribution in [0.5, 0.6) is 0 Å². The summed E-state index contributed by atoms with van der Waals surface area (Å²) in [6, 6.07) is 0. The zero-order valence-corrected chi connectivity index (χ0v) is 8.03. The van der Waals surface area contributed by atoms with Crippen LogP contribution < -0.4 is 5.32 Å². The van der Waals surface area contributed by atoms with Crippen molar-refractivity contribution in [3.63, 3.8) is 0 Å². The lowest BCUT2D eigenvalue weighted by Gasteiger charge is -2.16. The first-order valence-electron chi connectivity index (χ1n) is 4.22. The van der Waals surface area contributed by atoms with Crippen molar-refractivity contribution in [1.82, 2.24) is 5.32 Å². The third-order valence-corrected chi connectivity index (χ3v) is 1.48. The fourth-order valence-corrected chi connectivity index (χ4v) is 0.774. The number of rotatable bonds is 3. The van der Waals surface area contributed by atoms with Crippen LogP contribution in [0.15, 0.2) is 0 Å². The predicted molar refractivity (Wildman–Crippen MR) is 47.4 cm³/mol. The molecule has 11 heavy (non-hydrogen) atoms. The molecule has 0 aliphatic heterocycles. The number of hydrogen-bond acceptors (Lipinski definition) is 1. The Morgan fingerprint density at radius 1 is 1.36 bits per heavy atom. The van der Waals surface area contributed by atoms with Gasteiger partial charge in [-0.25, -0.2) is 0 Å². The Morgan fingerprint density at radius 3 is 2.27 bits per heavy atom. The Kier molecular flexibility index (Phi) is 4.16. The third kappa shape index (κ3) is 7.37. The second kappa shape index (κ2) is 4.37. The summed E-state index contributed by atoms with van der Waals surface area (Å²) >= 11 is 0. The highest BCUT2D eigenvalue weighted by molar-refractivity contribution is 5.75. The van der Waals surface area contributed by atoms with E-state index < -0.39 is 0 Å². The van der Waals surface area contributed by atoms with Crippen molar-refractivity contribution in [2.24, 2.45) is 5.41 Å². The molecule has 1 N–H and O–H groups in total. The van der Waals surface area contributed by atoms with Crippen molar-refractivity contribution in [3.05, 3.63) is 0 Å². The molecular formula is C9H19NO. The van der Waals surface area contributed by atoms with Crippen LogP contribution in [-0.2, 0) is 4.79 Å². The van der Waals surface area contributed by atoms with Gasteiger partial charge < -0.3 is 5.32 Å². The van der Waals surface area contributed by atoms with E-state index in [2.05, 4.69) is 26.1 Å². The molecule has 0 atom stereocenters. The molecule has 0 radical (unpaired) electrons. The molecule has 0 bridgehead atoms. The van der Waals surface area contributed by atoms with Gasteiger partial charge in [-0.05, 0) is 18.8 Å². The van der Waals surface area contributed by atoms with Crippen LogP contribution in [-0.4, -0.2) is 12.5 Å². The van der Waals surface area contributed by atoms with Gasteiger partial charge in [0.2, 0.25) is 5.91 Å². The first kappa shape index (κ1) is 10.5. The summed E-state index contributed by atoms with van der Waals surface area (Å²) in [6.45, 7) is 9.11. The minimum Gasteiger partial charge on any atom is -0.356 e. The number of hydrogen-bond donors (Lipinski definition) is 1. The maximum absolute atomic E-state index is 11.0. The van der Waals surface area contributed by atoms with E-state index in [9.17, 15) is 4.79 Å². The fourth-order valence-electron chi connectivity index (χ4n) is 0.774. The molecule has 66 valence electrons. The average molecular weight is 157 g/mol. The first-order chi connectivity index (χ1) is 4.95. The van der Waals surface area contributed by atoms with E-state index in [1.807, 2.05) is 6.92 Å². The van der Waals surface area contributed by atoms with Crippen LogP contribution >= 0.6 is 0 Å². The summed E-state index contributed by atoms with van der Waals surface area (Å²) in [5, 5.41) is 2.78. The molecule has 0 unspecified atom stereocenters. The molecule has 0 aromatic carbocycles. The molecule has 0 saturated heterocycles. The highest BCUT2D eigenvalue weighted by Crippen LogP contribution is 2.19. The quantitative estimate of drug-likeness (QED) is 0.666. The Morgan fingerprint density at radius 2 is 1.91 bits per heavy atom. The molecule has 0 saturated carbocycles. The molecule has 0 heterocycles. The molecular weight excluding hydrogens is 138 g/mol. The predicted octanol–water partition coefficient (Wildman–Crippen LogP) is 1.95. The molecule has 1 amide bonds. The number of nitrogens with one attached hydrogen (secondary N) is 1. The van der Waals surface area contributed by atoms with Crippen molar-refractivity contribution in [1.29, 1.82) is 0 Å². The smallest absolute Gasteiger partial charge is 0.220 e. The zero-order chi connectivity index (χ0) is 8.91. The van der Waals surface area contributed by atoms with Crippen molar-refractivity contribution in [3.8, 4) is 0 Å². The molecule has 0 aromatic heterocycles. The van der Waals surface area contributed by atoms with Gasteiger partial charge in [0.1, 0.15) is 0 Å². The normalized spacial score (nSPS) is 11.3. The van der Waals surface area contributed by atoms with Gasteiger partial charge >= 0.3 is 0 Å². The molecule has 2 nitrogen and oxygen atoms in total. The van der Waals surface area contributed by atoms with Gasteiger partial charge in [0, 0.05) is 13.0 Å². The molecule has 0 aliphatic carbocycles. The van der Waals surface area contributed by atoms with Crippen molar-refractivity contribution < 1.29 is 4.79 Å². The van der Waals surface area contributed by atoms with Gasteiger partial charge in [-0.2, -0.15) is 0 Å². The van der Waals surface area contributed by atoms with Gasteiger partial charge in [-0.1, -0.05) is 20.8 Å². The zero-order valence-electron chi connectivity index (χ0n) is 8.03. The number of carbonyl (C=O) groups is 1. The summed E-state index contributed by atoms with van der Waals surface area (Å²) in [7, 11) is 0. The van der Waals surface area contributed by atoms with Gasteiger partial charge in [-0.15, -0.1) is 0 Å². The van der Waals surface area contributed by atoms with E-state index in [1.165, 1.54) is 0 Å². The monoisotopic (exact) mass is 157 g/mol. The fraction of sp³-hybridized carbons (Fsp3) is 0.889. The van der Waals surface area contributed by atoms with Crippen LogP contribution in [0, 0.1) is 5.41 Å². The van der Waals surface area contributed by atoms with E-state index >= 15 is 0 Å². The number of amides is 1. The third-order valence-electron chi connectivity index (χ3n) is 1.48. The van der Waals surface area contributed by atoms with Crippen molar-refractivity contribution in [2.75, 3.05) is 6.54 Å². The lowest BCUT2D eigenvalue weighted by Crippen LogP contribution is -2.23. The number of carbonyl (C=O) groups excluding carboxylic acids is 1. The summed E-state index contributed by atoms with van der Waals surface area (Å²) in [6.07, 6.45) is 1.61. The minimum atomic E-state index is 0.169. The second-order valence-electron chi connectivity index (χ2n) is 4.01. The van der Waals surface area contributed by atoms with E-state index in [-0.39, 0.29) is 11.3 Å². The molecule has 2 heteroatoms. The Hall–Kier alpha value is -0.530. The van der Waals surface area contributed by atoms with E-state index in [4.69, 9.17) is 0 Å². The maximum atomic E-state index is 11.0. The molecule has 0 aliphatic rings. The maximum Gasteiger partial charge on any atom is 0.220 e. The van der Waals surface area contributed by atoms with Crippen LogP contribution in [0.4, 0.5) is 0 Å². The minimum absolute atomic E-state index is 0.169. The molecule has 0 rings (SSSR count). The summed E-state index contributed by atoms with van der Waals surface area (Å²) in [4.78, 5) is 11.0. The van der Waals surface area contributed by atoms with E-state index in [0.29, 0.717) is 6.42 Å². The SMILES string of the molecule is CCNC(=O)CCC(C)(C)C. The Labute approximate surface area is 69.4 Å². The van der Waals surface area contributed by atoms with Crippen molar-refractivity contribution >= 4 is 5.91 Å². The van der Waals surface area contributed by atoms with Crippen LogP contribution in [0.25, 0.3) is 0 Å². The average Bonchev–Trinajstić information content (AvgIpc) is 1.83. The molecule has 0 spiro atoms. The molecule has 0 fully saturated rings. The first-order valence-corrected chi connectivity index (χ1v) is 4.22. The summed E-state index contributed by atoms with van der Waals surface area (Å²) in [5.74, 6) is 0.169. The van der Waals surface area contributed by atoms with Crippen molar-refractivity contribution in [2.45, 2.75) is 40.5 Å². The Bertz CT molecular complexity index is 124. The largest absolute Gasteiger partial charge is 0.356 e. The summed E-state index contributed by atoms with van der Waals surface area (Å²) in [5.41, 5.74) is 0.269. The lowest BCUT2D eigenvalue weighted by molar-refractivity contribution is -0.121. The highest BCUT2D eigenvalue weighted by atomic mass is 16.1. The molecule has 0 aromatic rings. The topological polar surface area (TPSA) is 29.1 Å². The van der Waals surface area contributed by atoms with Crippen LogP contribution in [0.1, 0.15) is 40.5 Å². The Balaban J connectivity index is 3.46. The summed E-state index contributed by atoms with van der Waals surface area (Å²) < 4.78 is 0. The van der Waals surface area contributed by atoms with Gasteiger partial charge in [0.25, 0.3) is 0 Å². The van der Waals surface area contributed by atoms with Gasteiger partial charge in [0.15, 0.2) is 0 Å². The van der Waals surface area contributed by atoms with Crippen LogP contribution in [0.2, 0.25) is 0 Å². The lowest BCUT2D eigenvalue weighted by atomic mass is 9.90.